The number of carbonyl (C=O) groups is 2. The minimum absolute atomic E-state index is 0.235. The Hall–Kier alpha value is -3.86. The van der Waals surface area contributed by atoms with E-state index in [-0.39, 0.29) is 11.6 Å². The third-order valence-electron chi connectivity index (χ3n) is 5.51. The molecule has 0 saturated carbocycles. The van der Waals surface area contributed by atoms with Gasteiger partial charge in [-0.05, 0) is 67.3 Å². The van der Waals surface area contributed by atoms with E-state index < -0.39 is 5.91 Å². The van der Waals surface area contributed by atoms with Gasteiger partial charge in [0.05, 0.1) is 24.1 Å². The van der Waals surface area contributed by atoms with Gasteiger partial charge in [0.25, 0.3) is 11.8 Å². The maximum Gasteiger partial charge on any atom is 0.282 e. The molecule has 1 N–H and O–H groups in total. The van der Waals surface area contributed by atoms with Gasteiger partial charge in [0, 0.05) is 0 Å². The van der Waals surface area contributed by atoms with Crippen molar-refractivity contribution in [3.63, 3.8) is 0 Å². The standard InChI is InChI=1S/C26H24N2O3/c1-16-10-13-22(31-4)21(14-16)27-24-23(19-8-6-5-7-9-19)25(29)28(26(24)30)20-12-11-17(2)18(3)15-20/h5-15,27H,1-4H3. The van der Waals surface area contributed by atoms with Crippen molar-refractivity contribution in [2.75, 3.05) is 17.3 Å². The van der Waals surface area contributed by atoms with E-state index >= 15 is 0 Å². The molecule has 5 nitrogen and oxygen atoms in total. The van der Waals surface area contributed by atoms with E-state index in [9.17, 15) is 9.59 Å². The smallest absolute Gasteiger partial charge is 0.282 e. The summed E-state index contributed by atoms with van der Waals surface area (Å²) in [4.78, 5) is 28.3. The maximum atomic E-state index is 13.5. The zero-order chi connectivity index (χ0) is 22.1. The number of methoxy groups -OCH3 is 1. The van der Waals surface area contributed by atoms with Crippen molar-refractivity contribution >= 4 is 28.8 Å². The highest BCUT2D eigenvalue weighted by Gasteiger charge is 2.40. The number of anilines is 2. The Labute approximate surface area is 182 Å². The molecular formula is C26H24N2O3. The van der Waals surface area contributed by atoms with Gasteiger partial charge in [0.15, 0.2) is 0 Å². The summed E-state index contributed by atoms with van der Waals surface area (Å²) in [6, 6.07) is 20.5. The summed E-state index contributed by atoms with van der Waals surface area (Å²) in [6.45, 7) is 5.92. The fourth-order valence-electron chi connectivity index (χ4n) is 3.67. The molecule has 3 aromatic carbocycles. The fraction of sp³-hybridized carbons (Fsp3) is 0.154. The molecule has 0 spiro atoms. The van der Waals surface area contributed by atoms with Crippen LogP contribution in [-0.4, -0.2) is 18.9 Å². The zero-order valence-electron chi connectivity index (χ0n) is 18.0. The molecule has 0 unspecified atom stereocenters. The predicted molar refractivity (Wildman–Crippen MR) is 123 cm³/mol. The van der Waals surface area contributed by atoms with Crippen LogP contribution < -0.4 is 15.0 Å². The lowest BCUT2D eigenvalue weighted by molar-refractivity contribution is -0.120. The molecule has 31 heavy (non-hydrogen) atoms. The van der Waals surface area contributed by atoms with E-state index in [0.29, 0.717) is 28.3 Å². The van der Waals surface area contributed by atoms with Gasteiger partial charge >= 0.3 is 0 Å². The van der Waals surface area contributed by atoms with Crippen LogP contribution in [0, 0.1) is 20.8 Å². The number of rotatable bonds is 5. The summed E-state index contributed by atoms with van der Waals surface area (Å²) in [6.07, 6.45) is 0. The second kappa shape index (κ2) is 8.11. The molecule has 1 aliphatic rings. The zero-order valence-corrected chi connectivity index (χ0v) is 18.0. The third-order valence-corrected chi connectivity index (χ3v) is 5.51. The average Bonchev–Trinajstić information content (AvgIpc) is 3.00. The first kappa shape index (κ1) is 20.4. The second-order valence-electron chi connectivity index (χ2n) is 7.66. The molecule has 0 aliphatic carbocycles. The van der Waals surface area contributed by atoms with Crippen LogP contribution in [0.1, 0.15) is 22.3 Å². The molecule has 156 valence electrons. The molecule has 1 heterocycles. The molecule has 0 saturated heterocycles. The molecule has 3 aromatic rings. The first-order chi connectivity index (χ1) is 14.9. The highest BCUT2D eigenvalue weighted by atomic mass is 16.5. The molecule has 4 rings (SSSR count). The topological polar surface area (TPSA) is 58.6 Å². The predicted octanol–water partition coefficient (Wildman–Crippen LogP) is 5.02. The number of ether oxygens (including phenoxy) is 1. The number of hydrogen-bond donors (Lipinski definition) is 1. The second-order valence-corrected chi connectivity index (χ2v) is 7.66. The normalized spacial score (nSPS) is 13.7. The van der Waals surface area contributed by atoms with Gasteiger partial charge in [-0.1, -0.05) is 42.5 Å². The Morgan fingerprint density at radius 1 is 0.806 bits per heavy atom. The Balaban J connectivity index is 1.85. The molecule has 0 aromatic heterocycles. The Morgan fingerprint density at radius 3 is 2.23 bits per heavy atom. The summed E-state index contributed by atoms with van der Waals surface area (Å²) in [5, 5.41) is 3.20. The summed E-state index contributed by atoms with van der Waals surface area (Å²) < 4.78 is 5.46. The van der Waals surface area contributed by atoms with Crippen LogP contribution in [0.5, 0.6) is 5.75 Å². The maximum absolute atomic E-state index is 13.5. The number of amides is 2. The number of benzene rings is 3. The highest BCUT2D eigenvalue weighted by Crippen LogP contribution is 2.36. The number of aryl methyl sites for hydroxylation is 3. The fourth-order valence-corrected chi connectivity index (χ4v) is 3.67. The Kier molecular flexibility index (Phi) is 5.34. The third kappa shape index (κ3) is 3.70. The highest BCUT2D eigenvalue weighted by molar-refractivity contribution is 6.46. The van der Waals surface area contributed by atoms with Crippen LogP contribution in [0.3, 0.4) is 0 Å². The number of imide groups is 1. The average molecular weight is 412 g/mol. The van der Waals surface area contributed by atoms with Gasteiger partial charge in [-0.2, -0.15) is 0 Å². The summed E-state index contributed by atoms with van der Waals surface area (Å²) in [5.41, 5.74) is 5.57. The molecule has 1 aliphatic heterocycles. The lowest BCUT2D eigenvalue weighted by Crippen LogP contribution is -2.32. The quantitative estimate of drug-likeness (QED) is 0.598. The first-order valence-corrected chi connectivity index (χ1v) is 10.1. The summed E-state index contributed by atoms with van der Waals surface area (Å²) in [7, 11) is 1.57. The number of hydrogen-bond acceptors (Lipinski definition) is 4. The van der Waals surface area contributed by atoms with Crippen molar-refractivity contribution in [3.8, 4) is 5.75 Å². The van der Waals surface area contributed by atoms with Crippen LogP contribution >= 0.6 is 0 Å². The molecule has 0 radical (unpaired) electrons. The largest absolute Gasteiger partial charge is 0.495 e. The molecule has 0 fully saturated rings. The molecule has 2 amide bonds. The lowest BCUT2D eigenvalue weighted by atomic mass is 10.0. The van der Waals surface area contributed by atoms with Gasteiger partial charge in [-0.15, -0.1) is 0 Å². The van der Waals surface area contributed by atoms with E-state index in [0.717, 1.165) is 16.7 Å². The minimum atomic E-state index is -0.393. The minimum Gasteiger partial charge on any atom is -0.495 e. The van der Waals surface area contributed by atoms with Crippen molar-refractivity contribution in [1.29, 1.82) is 0 Å². The Morgan fingerprint density at radius 2 is 1.55 bits per heavy atom. The number of nitrogens with zero attached hydrogens (tertiary/aromatic N) is 1. The van der Waals surface area contributed by atoms with Crippen molar-refractivity contribution in [2.24, 2.45) is 0 Å². The van der Waals surface area contributed by atoms with Crippen LogP contribution in [0.15, 0.2) is 72.4 Å². The van der Waals surface area contributed by atoms with Gasteiger partial charge in [0.2, 0.25) is 0 Å². The van der Waals surface area contributed by atoms with Gasteiger partial charge < -0.3 is 10.1 Å². The van der Waals surface area contributed by atoms with Crippen molar-refractivity contribution in [3.05, 3.63) is 94.7 Å². The number of nitrogens with one attached hydrogen (secondary N) is 1. The molecule has 0 bridgehead atoms. The SMILES string of the molecule is COc1ccc(C)cc1NC1=C(c2ccccc2)C(=O)N(c2ccc(C)c(C)c2)C1=O. The summed E-state index contributed by atoms with van der Waals surface area (Å²) >= 11 is 0. The van der Waals surface area contributed by atoms with Crippen LogP contribution in [0.2, 0.25) is 0 Å². The van der Waals surface area contributed by atoms with E-state index in [2.05, 4.69) is 5.32 Å². The first-order valence-electron chi connectivity index (χ1n) is 10.1. The molecule has 0 atom stereocenters. The van der Waals surface area contributed by atoms with Crippen molar-refractivity contribution < 1.29 is 14.3 Å². The van der Waals surface area contributed by atoms with Crippen molar-refractivity contribution in [2.45, 2.75) is 20.8 Å². The van der Waals surface area contributed by atoms with Gasteiger partial charge in [0.1, 0.15) is 11.4 Å². The monoisotopic (exact) mass is 412 g/mol. The van der Waals surface area contributed by atoms with Crippen molar-refractivity contribution in [1.82, 2.24) is 0 Å². The summed E-state index contributed by atoms with van der Waals surface area (Å²) in [5.74, 6) is -0.153. The van der Waals surface area contributed by atoms with E-state index in [4.69, 9.17) is 4.74 Å². The lowest BCUT2D eigenvalue weighted by Gasteiger charge is -2.17. The number of carbonyl (C=O) groups excluding carboxylic acids is 2. The van der Waals surface area contributed by atoms with E-state index in [1.54, 1.807) is 13.2 Å². The van der Waals surface area contributed by atoms with Gasteiger partial charge in [-0.3, -0.25) is 9.59 Å². The molecule has 5 heteroatoms. The molecular weight excluding hydrogens is 388 g/mol. The van der Waals surface area contributed by atoms with Crippen LogP contribution in [0.4, 0.5) is 11.4 Å². The van der Waals surface area contributed by atoms with Crippen LogP contribution in [-0.2, 0) is 9.59 Å². The van der Waals surface area contributed by atoms with Crippen LogP contribution in [0.25, 0.3) is 5.57 Å². The van der Waals surface area contributed by atoms with E-state index in [1.165, 1.54) is 4.90 Å². The van der Waals surface area contributed by atoms with E-state index in [1.807, 2.05) is 81.4 Å². The Bertz CT molecular complexity index is 1210. The van der Waals surface area contributed by atoms with Gasteiger partial charge in [-0.25, -0.2) is 4.90 Å².